The Balaban J connectivity index is 2.27. The molecule has 1 aromatic carbocycles. The van der Waals surface area contributed by atoms with Crippen molar-refractivity contribution < 1.29 is 4.42 Å². The van der Waals surface area contributed by atoms with Crippen LogP contribution in [0.5, 0.6) is 0 Å². The molecule has 1 atom stereocenters. The summed E-state index contributed by atoms with van der Waals surface area (Å²) in [5.41, 5.74) is 0.981. The number of hydrogen-bond donors (Lipinski definition) is 1. The van der Waals surface area contributed by atoms with E-state index in [0.717, 1.165) is 24.3 Å². The topological polar surface area (TPSA) is 25.2 Å². The molecule has 2 rings (SSSR count). The van der Waals surface area contributed by atoms with Crippen molar-refractivity contribution in [1.29, 1.82) is 0 Å². The lowest BCUT2D eigenvalue weighted by molar-refractivity contribution is 0.377. The predicted octanol–water partition coefficient (Wildman–Crippen LogP) is 4.13. The number of rotatable bonds is 5. The van der Waals surface area contributed by atoms with E-state index in [1.165, 1.54) is 5.39 Å². The van der Waals surface area contributed by atoms with Gasteiger partial charge in [-0.15, -0.1) is 0 Å². The molecule has 0 saturated carbocycles. The average Bonchev–Trinajstić information content (AvgIpc) is 2.71. The molecule has 0 aliphatic rings. The van der Waals surface area contributed by atoms with Crippen LogP contribution in [0.3, 0.4) is 0 Å². The summed E-state index contributed by atoms with van der Waals surface area (Å²) in [6.45, 7) is 7.59. The van der Waals surface area contributed by atoms with Crippen LogP contribution in [0, 0.1) is 5.92 Å². The smallest absolute Gasteiger partial charge is 0.134 e. The van der Waals surface area contributed by atoms with Gasteiger partial charge in [0.05, 0.1) is 6.04 Å². The first kappa shape index (κ1) is 12.2. The molecule has 0 spiro atoms. The number of hydrogen-bond acceptors (Lipinski definition) is 2. The van der Waals surface area contributed by atoms with Gasteiger partial charge in [-0.2, -0.15) is 0 Å². The third kappa shape index (κ3) is 2.89. The minimum atomic E-state index is 0.326. The van der Waals surface area contributed by atoms with E-state index >= 15 is 0 Å². The molecule has 1 N–H and O–H groups in total. The Labute approximate surface area is 103 Å². The molecule has 17 heavy (non-hydrogen) atoms. The lowest BCUT2D eigenvalue weighted by Gasteiger charge is -2.17. The zero-order chi connectivity index (χ0) is 12.3. The van der Waals surface area contributed by atoms with E-state index < -0.39 is 0 Å². The van der Waals surface area contributed by atoms with E-state index in [4.69, 9.17) is 4.42 Å². The molecule has 92 valence electrons. The van der Waals surface area contributed by atoms with Crippen molar-refractivity contribution in [2.24, 2.45) is 5.92 Å². The lowest BCUT2D eigenvalue weighted by atomic mass is 10.0. The van der Waals surface area contributed by atoms with Gasteiger partial charge < -0.3 is 9.73 Å². The van der Waals surface area contributed by atoms with Gasteiger partial charge in [0.1, 0.15) is 11.3 Å². The second-order valence-electron chi connectivity index (χ2n) is 4.93. The zero-order valence-electron chi connectivity index (χ0n) is 10.9. The van der Waals surface area contributed by atoms with Crippen LogP contribution in [-0.4, -0.2) is 6.54 Å². The number of furan rings is 1. The van der Waals surface area contributed by atoms with Gasteiger partial charge >= 0.3 is 0 Å². The van der Waals surface area contributed by atoms with E-state index in [-0.39, 0.29) is 0 Å². The molecule has 2 nitrogen and oxygen atoms in total. The van der Waals surface area contributed by atoms with Crippen molar-refractivity contribution >= 4 is 11.0 Å². The van der Waals surface area contributed by atoms with Crippen molar-refractivity contribution in [2.45, 2.75) is 33.2 Å². The van der Waals surface area contributed by atoms with Crippen LogP contribution in [0.15, 0.2) is 34.7 Å². The summed E-state index contributed by atoms with van der Waals surface area (Å²) < 4.78 is 5.92. The van der Waals surface area contributed by atoms with Gasteiger partial charge in [-0.25, -0.2) is 0 Å². The van der Waals surface area contributed by atoms with Crippen molar-refractivity contribution in [1.82, 2.24) is 5.32 Å². The Kier molecular flexibility index (Phi) is 3.85. The summed E-state index contributed by atoms with van der Waals surface area (Å²) in [4.78, 5) is 0. The fourth-order valence-electron chi connectivity index (χ4n) is 2.19. The first-order valence-electron chi connectivity index (χ1n) is 6.42. The number of para-hydroxylation sites is 1. The molecule has 0 aliphatic carbocycles. The highest BCUT2D eigenvalue weighted by atomic mass is 16.3. The van der Waals surface area contributed by atoms with Crippen LogP contribution in [0.2, 0.25) is 0 Å². The highest BCUT2D eigenvalue weighted by molar-refractivity contribution is 5.77. The molecule has 1 unspecified atom stereocenters. The van der Waals surface area contributed by atoms with Crippen LogP contribution in [0.4, 0.5) is 0 Å². The molecular formula is C15H21NO. The van der Waals surface area contributed by atoms with E-state index in [2.05, 4.69) is 38.2 Å². The Morgan fingerprint density at radius 1 is 1.24 bits per heavy atom. The summed E-state index contributed by atoms with van der Waals surface area (Å²) in [5.74, 6) is 1.72. The van der Waals surface area contributed by atoms with E-state index in [1.807, 2.05) is 18.2 Å². The Bertz CT molecular complexity index is 439. The maximum Gasteiger partial charge on any atom is 0.134 e. The molecular weight excluding hydrogens is 210 g/mol. The first-order chi connectivity index (χ1) is 8.20. The summed E-state index contributed by atoms with van der Waals surface area (Å²) in [5, 5.41) is 4.69. The summed E-state index contributed by atoms with van der Waals surface area (Å²) in [7, 11) is 0. The number of benzene rings is 1. The van der Waals surface area contributed by atoms with Crippen molar-refractivity contribution in [3.8, 4) is 0 Å². The SMILES string of the molecule is CCNC(CC(C)C)c1cc2ccccc2o1. The fraction of sp³-hybridized carbons (Fsp3) is 0.467. The molecule has 0 radical (unpaired) electrons. The first-order valence-corrected chi connectivity index (χ1v) is 6.42. The second kappa shape index (κ2) is 5.37. The predicted molar refractivity (Wildman–Crippen MR) is 72.1 cm³/mol. The van der Waals surface area contributed by atoms with Gasteiger partial charge in [0, 0.05) is 5.39 Å². The molecule has 0 saturated heterocycles. The third-order valence-corrected chi connectivity index (χ3v) is 2.95. The van der Waals surface area contributed by atoms with Crippen molar-refractivity contribution in [2.75, 3.05) is 6.54 Å². The molecule has 0 fully saturated rings. The van der Waals surface area contributed by atoms with Crippen LogP contribution in [-0.2, 0) is 0 Å². The monoisotopic (exact) mass is 231 g/mol. The third-order valence-electron chi connectivity index (χ3n) is 2.95. The average molecular weight is 231 g/mol. The summed E-state index contributed by atoms with van der Waals surface area (Å²) >= 11 is 0. The Morgan fingerprint density at radius 2 is 2.00 bits per heavy atom. The van der Waals surface area contributed by atoms with E-state index in [9.17, 15) is 0 Å². The highest BCUT2D eigenvalue weighted by Gasteiger charge is 2.16. The highest BCUT2D eigenvalue weighted by Crippen LogP contribution is 2.27. The lowest BCUT2D eigenvalue weighted by Crippen LogP contribution is -2.21. The minimum absolute atomic E-state index is 0.326. The molecule has 1 aromatic heterocycles. The van der Waals surface area contributed by atoms with Crippen LogP contribution in [0.1, 0.15) is 39.0 Å². The van der Waals surface area contributed by atoms with Gasteiger partial charge in [-0.05, 0) is 31.0 Å². The maximum absolute atomic E-state index is 5.92. The maximum atomic E-state index is 5.92. The van der Waals surface area contributed by atoms with Gasteiger partial charge in [0.25, 0.3) is 0 Å². The van der Waals surface area contributed by atoms with Gasteiger partial charge in [0.15, 0.2) is 0 Å². The van der Waals surface area contributed by atoms with Gasteiger partial charge in [-0.3, -0.25) is 0 Å². The molecule has 0 aliphatic heterocycles. The van der Waals surface area contributed by atoms with Crippen LogP contribution >= 0.6 is 0 Å². The van der Waals surface area contributed by atoms with Crippen LogP contribution in [0.25, 0.3) is 11.0 Å². The number of nitrogens with one attached hydrogen (secondary N) is 1. The second-order valence-corrected chi connectivity index (χ2v) is 4.93. The Hall–Kier alpha value is -1.28. The fourth-order valence-corrected chi connectivity index (χ4v) is 2.19. The zero-order valence-corrected chi connectivity index (χ0v) is 10.9. The van der Waals surface area contributed by atoms with Crippen molar-refractivity contribution in [3.05, 3.63) is 36.1 Å². The van der Waals surface area contributed by atoms with Crippen molar-refractivity contribution in [3.63, 3.8) is 0 Å². The summed E-state index contributed by atoms with van der Waals surface area (Å²) in [6.07, 6.45) is 1.10. The van der Waals surface area contributed by atoms with Crippen LogP contribution < -0.4 is 5.32 Å². The molecule has 2 heteroatoms. The summed E-state index contributed by atoms with van der Waals surface area (Å²) in [6, 6.07) is 10.7. The molecule has 2 aromatic rings. The number of fused-ring (bicyclic) bond motifs is 1. The normalized spacial score (nSPS) is 13.4. The minimum Gasteiger partial charge on any atom is -0.459 e. The molecule has 0 amide bonds. The largest absolute Gasteiger partial charge is 0.459 e. The molecule has 0 bridgehead atoms. The standard InChI is InChI=1S/C15H21NO/c1-4-16-13(9-11(2)3)15-10-12-7-5-6-8-14(12)17-15/h5-8,10-11,13,16H,4,9H2,1-3H3. The van der Waals surface area contributed by atoms with Gasteiger partial charge in [-0.1, -0.05) is 39.0 Å². The van der Waals surface area contributed by atoms with E-state index in [0.29, 0.717) is 12.0 Å². The quantitative estimate of drug-likeness (QED) is 0.837. The Morgan fingerprint density at radius 3 is 2.65 bits per heavy atom. The van der Waals surface area contributed by atoms with E-state index in [1.54, 1.807) is 0 Å². The van der Waals surface area contributed by atoms with Gasteiger partial charge in [0.2, 0.25) is 0 Å². The molecule has 1 heterocycles.